The largest absolute Gasteiger partial charge is 0.403 e. The summed E-state index contributed by atoms with van der Waals surface area (Å²) in [4.78, 5) is 13.2. The van der Waals surface area contributed by atoms with E-state index in [1.165, 1.54) is 10.5 Å². The Hall–Kier alpha value is -2.60. The van der Waals surface area contributed by atoms with Crippen molar-refractivity contribution in [1.82, 2.24) is 10.2 Å². The quantitative estimate of drug-likeness (QED) is 0.477. The van der Waals surface area contributed by atoms with E-state index >= 15 is 0 Å². The number of nitrogens with zero attached hydrogens (tertiary/aromatic N) is 2. The van der Waals surface area contributed by atoms with Crippen LogP contribution >= 0.6 is 11.8 Å². The van der Waals surface area contributed by atoms with Gasteiger partial charge in [0, 0.05) is 16.9 Å². The zero-order chi connectivity index (χ0) is 18.4. The van der Waals surface area contributed by atoms with E-state index in [-0.39, 0.29) is 11.9 Å². The number of anilines is 1. The highest BCUT2D eigenvalue weighted by Crippen LogP contribution is 2.22. The van der Waals surface area contributed by atoms with Crippen LogP contribution in [0.2, 0.25) is 0 Å². The van der Waals surface area contributed by atoms with Crippen molar-refractivity contribution in [2.75, 3.05) is 11.1 Å². The molecule has 26 heavy (non-hydrogen) atoms. The Morgan fingerprint density at radius 2 is 1.88 bits per heavy atom. The van der Waals surface area contributed by atoms with E-state index < -0.39 is 0 Å². The predicted octanol–water partition coefficient (Wildman–Crippen LogP) is 4.86. The first kappa shape index (κ1) is 18.2. The zero-order valence-electron chi connectivity index (χ0n) is 14.9. The maximum absolute atomic E-state index is 12.0. The van der Waals surface area contributed by atoms with Gasteiger partial charge in [-0.3, -0.25) is 10.1 Å². The second-order valence-electron chi connectivity index (χ2n) is 6.10. The molecule has 0 saturated carbocycles. The van der Waals surface area contributed by atoms with Crippen LogP contribution in [0.25, 0.3) is 11.5 Å². The average Bonchev–Trinajstić information content (AvgIpc) is 3.09. The third-order valence-electron chi connectivity index (χ3n) is 3.77. The molecule has 6 heteroatoms. The Morgan fingerprint density at radius 1 is 1.08 bits per heavy atom. The molecule has 0 fully saturated rings. The highest BCUT2D eigenvalue weighted by molar-refractivity contribution is 7.99. The standard InChI is InChI=1S/C20H21N3O2S/c1-14-8-10-17(11-9-14)26-12-4-7-18(24)21-20-23-22-19(25-20)16-6-3-5-15(2)13-16/h3,5-6,8-11,13H,4,7,12H2,1-2H3,(H,21,23,24). The van der Waals surface area contributed by atoms with Crippen molar-refractivity contribution in [2.24, 2.45) is 0 Å². The van der Waals surface area contributed by atoms with Gasteiger partial charge in [-0.1, -0.05) is 40.5 Å². The summed E-state index contributed by atoms with van der Waals surface area (Å²) in [5, 5.41) is 10.5. The first-order valence-corrected chi connectivity index (χ1v) is 9.48. The highest BCUT2D eigenvalue weighted by Gasteiger charge is 2.11. The molecule has 0 aliphatic carbocycles. The minimum Gasteiger partial charge on any atom is -0.403 e. The van der Waals surface area contributed by atoms with Crippen LogP contribution in [0.3, 0.4) is 0 Å². The molecular formula is C20H21N3O2S. The van der Waals surface area contributed by atoms with Gasteiger partial charge in [0.2, 0.25) is 11.8 Å². The summed E-state index contributed by atoms with van der Waals surface area (Å²) in [7, 11) is 0. The molecule has 3 aromatic rings. The lowest BCUT2D eigenvalue weighted by Crippen LogP contribution is -2.11. The molecule has 0 bridgehead atoms. The van der Waals surface area contributed by atoms with E-state index in [1.807, 2.05) is 31.2 Å². The third-order valence-corrected chi connectivity index (χ3v) is 4.87. The van der Waals surface area contributed by atoms with Crippen molar-refractivity contribution in [1.29, 1.82) is 0 Å². The number of rotatable bonds is 7. The molecule has 0 aliphatic heterocycles. The van der Waals surface area contributed by atoms with Gasteiger partial charge in [-0.05, 0) is 50.3 Å². The number of nitrogens with one attached hydrogen (secondary N) is 1. The molecule has 0 aliphatic rings. The molecule has 2 aromatic carbocycles. The molecule has 0 atom stereocenters. The van der Waals surface area contributed by atoms with Gasteiger partial charge in [0.05, 0.1) is 0 Å². The van der Waals surface area contributed by atoms with Gasteiger partial charge < -0.3 is 4.42 Å². The van der Waals surface area contributed by atoms with Gasteiger partial charge in [-0.25, -0.2) is 0 Å². The number of aryl methyl sites for hydroxylation is 2. The lowest BCUT2D eigenvalue weighted by atomic mass is 10.1. The van der Waals surface area contributed by atoms with Gasteiger partial charge in [-0.15, -0.1) is 16.9 Å². The number of amides is 1. The van der Waals surface area contributed by atoms with Crippen molar-refractivity contribution in [3.63, 3.8) is 0 Å². The average molecular weight is 367 g/mol. The number of carbonyl (C=O) groups excluding carboxylic acids is 1. The molecule has 134 valence electrons. The normalized spacial score (nSPS) is 10.7. The molecule has 0 saturated heterocycles. The number of hydrogen-bond acceptors (Lipinski definition) is 5. The van der Waals surface area contributed by atoms with E-state index in [9.17, 15) is 4.79 Å². The molecule has 1 aromatic heterocycles. The molecular weight excluding hydrogens is 346 g/mol. The summed E-state index contributed by atoms with van der Waals surface area (Å²) >= 11 is 1.75. The summed E-state index contributed by atoms with van der Waals surface area (Å²) in [6.07, 6.45) is 1.20. The van der Waals surface area contributed by atoms with E-state index in [2.05, 4.69) is 46.7 Å². The van der Waals surface area contributed by atoms with Gasteiger partial charge in [0.15, 0.2) is 0 Å². The van der Waals surface area contributed by atoms with Crippen molar-refractivity contribution >= 4 is 23.7 Å². The molecule has 0 unspecified atom stereocenters. The topological polar surface area (TPSA) is 68.0 Å². The second kappa shape index (κ2) is 8.67. The molecule has 3 rings (SSSR count). The van der Waals surface area contributed by atoms with Gasteiger partial charge in [-0.2, -0.15) is 0 Å². The van der Waals surface area contributed by atoms with Crippen molar-refractivity contribution in [3.8, 4) is 11.5 Å². The van der Waals surface area contributed by atoms with Crippen LogP contribution in [0.1, 0.15) is 24.0 Å². The Morgan fingerprint density at radius 3 is 2.65 bits per heavy atom. The van der Waals surface area contributed by atoms with E-state index in [0.29, 0.717) is 12.3 Å². The van der Waals surface area contributed by atoms with E-state index in [1.54, 1.807) is 11.8 Å². The summed E-state index contributed by atoms with van der Waals surface area (Å²) in [5.41, 5.74) is 3.20. The third kappa shape index (κ3) is 5.20. The summed E-state index contributed by atoms with van der Waals surface area (Å²) in [5.74, 6) is 1.17. The van der Waals surface area contributed by atoms with E-state index in [0.717, 1.165) is 23.3 Å². The Balaban J connectivity index is 1.44. The fourth-order valence-electron chi connectivity index (χ4n) is 2.41. The number of aromatic nitrogens is 2. The minimum absolute atomic E-state index is 0.117. The molecule has 0 radical (unpaired) electrons. The summed E-state index contributed by atoms with van der Waals surface area (Å²) < 4.78 is 5.52. The maximum atomic E-state index is 12.0. The Labute approximate surface area is 157 Å². The van der Waals surface area contributed by atoms with Crippen LogP contribution in [0, 0.1) is 13.8 Å². The number of hydrogen-bond donors (Lipinski definition) is 1. The number of thioether (sulfide) groups is 1. The van der Waals surface area contributed by atoms with Crippen LogP contribution in [0.4, 0.5) is 6.01 Å². The fourth-order valence-corrected chi connectivity index (χ4v) is 3.26. The van der Waals surface area contributed by atoms with Gasteiger partial charge in [0.25, 0.3) is 0 Å². The summed E-state index contributed by atoms with van der Waals surface area (Å²) in [6.45, 7) is 4.07. The van der Waals surface area contributed by atoms with Crippen LogP contribution in [0.5, 0.6) is 0 Å². The Bertz CT molecular complexity index is 875. The Kier molecular flexibility index (Phi) is 6.07. The van der Waals surface area contributed by atoms with Crippen LogP contribution < -0.4 is 5.32 Å². The second-order valence-corrected chi connectivity index (χ2v) is 7.26. The monoisotopic (exact) mass is 367 g/mol. The highest BCUT2D eigenvalue weighted by atomic mass is 32.2. The molecule has 5 nitrogen and oxygen atoms in total. The van der Waals surface area contributed by atoms with Crippen LogP contribution in [0.15, 0.2) is 57.8 Å². The van der Waals surface area contributed by atoms with Crippen molar-refractivity contribution in [2.45, 2.75) is 31.6 Å². The molecule has 1 amide bonds. The lowest BCUT2D eigenvalue weighted by molar-refractivity contribution is -0.116. The summed E-state index contributed by atoms with van der Waals surface area (Å²) in [6, 6.07) is 16.3. The van der Waals surface area contributed by atoms with Crippen molar-refractivity contribution < 1.29 is 9.21 Å². The number of benzene rings is 2. The SMILES string of the molecule is Cc1ccc(SCCCC(=O)Nc2nnc(-c3cccc(C)c3)o2)cc1. The molecule has 0 spiro atoms. The van der Waals surface area contributed by atoms with Crippen molar-refractivity contribution in [3.05, 3.63) is 59.7 Å². The predicted molar refractivity (Wildman–Crippen MR) is 104 cm³/mol. The molecule has 1 heterocycles. The zero-order valence-corrected chi connectivity index (χ0v) is 15.7. The lowest BCUT2D eigenvalue weighted by Gasteiger charge is -2.02. The first-order valence-electron chi connectivity index (χ1n) is 8.50. The van der Waals surface area contributed by atoms with E-state index in [4.69, 9.17) is 4.42 Å². The number of carbonyl (C=O) groups is 1. The maximum Gasteiger partial charge on any atom is 0.322 e. The molecule has 1 N–H and O–H groups in total. The van der Waals surface area contributed by atoms with Gasteiger partial charge in [0.1, 0.15) is 0 Å². The van der Waals surface area contributed by atoms with Crippen LogP contribution in [-0.4, -0.2) is 21.9 Å². The minimum atomic E-state index is -0.117. The smallest absolute Gasteiger partial charge is 0.322 e. The first-order chi connectivity index (χ1) is 12.6. The van der Waals surface area contributed by atoms with Crippen LogP contribution in [-0.2, 0) is 4.79 Å². The van der Waals surface area contributed by atoms with Gasteiger partial charge >= 0.3 is 6.01 Å². The fraction of sp³-hybridized carbons (Fsp3) is 0.250.